The van der Waals surface area contributed by atoms with Gasteiger partial charge in [-0.05, 0) is 32.6 Å². The molecule has 6 heteroatoms. The zero-order valence-corrected chi connectivity index (χ0v) is 10.8. The monoisotopic (exact) mass is 264 g/mol. The van der Waals surface area contributed by atoms with Gasteiger partial charge in [0.05, 0.1) is 5.69 Å². The van der Waals surface area contributed by atoms with E-state index in [1.165, 1.54) is 4.90 Å². The molecule has 0 radical (unpaired) electrons. The summed E-state index contributed by atoms with van der Waals surface area (Å²) in [5.74, 6) is -0.784. The van der Waals surface area contributed by atoms with Crippen molar-refractivity contribution in [3.63, 3.8) is 0 Å². The van der Waals surface area contributed by atoms with Gasteiger partial charge in [-0.2, -0.15) is 0 Å². The summed E-state index contributed by atoms with van der Waals surface area (Å²) in [6.45, 7) is 2.03. The summed E-state index contributed by atoms with van der Waals surface area (Å²) in [4.78, 5) is 25.1. The minimum atomic E-state index is -1.14. The predicted molar refractivity (Wildman–Crippen MR) is 64.8 cm³/mol. The lowest BCUT2D eigenvalue weighted by Crippen LogP contribution is -2.50. The van der Waals surface area contributed by atoms with Crippen LogP contribution in [0.5, 0.6) is 0 Å². The number of carbonyl (C=O) groups is 2. The van der Waals surface area contributed by atoms with E-state index < -0.39 is 11.5 Å². The van der Waals surface area contributed by atoms with Gasteiger partial charge in [-0.25, -0.2) is 4.79 Å². The third-order valence-corrected chi connectivity index (χ3v) is 4.08. The first kappa shape index (κ1) is 12.2. The molecule has 0 aromatic carbocycles. The molecule has 0 bridgehead atoms. The number of hydrogen-bond donors (Lipinski definition) is 1. The summed E-state index contributed by atoms with van der Waals surface area (Å²) < 4.78 is 5.08. The zero-order valence-electron chi connectivity index (χ0n) is 10.8. The molecule has 0 spiro atoms. The third kappa shape index (κ3) is 1.91. The number of nitrogens with zero attached hydrogens (tertiary/aromatic N) is 2. The van der Waals surface area contributed by atoms with Crippen molar-refractivity contribution in [3.05, 3.63) is 17.5 Å². The molecular formula is C13H16N2O4. The summed E-state index contributed by atoms with van der Waals surface area (Å²) in [6, 6.07) is 1.65. The van der Waals surface area contributed by atoms with Crippen LogP contribution in [0.3, 0.4) is 0 Å². The molecule has 2 aliphatic rings. The SMILES string of the molecule is CC1(C(=O)O)CCCN1C(=O)c1cc(C2CC2)no1. The van der Waals surface area contributed by atoms with E-state index in [2.05, 4.69) is 5.16 Å². The standard InChI is InChI=1S/C13H16N2O4/c1-13(12(17)18)5-2-6-15(13)11(16)10-7-9(14-19-10)8-3-4-8/h7-8H,2-6H2,1H3,(H,17,18). The minimum absolute atomic E-state index is 0.149. The van der Waals surface area contributed by atoms with Gasteiger partial charge in [-0.15, -0.1) is 0 Å². The fourth-order valence-corrected chi connectivity index (χ4v) is 2.61. The van der Waals surface area contributed by atoms with Crippen LogP contribution in [0.15, 0.2) is 10.6 Å². The topological polar surface area (TPSA) is 83.6 Å². The Morgan fingerprint density at radius 3 is 2.89 bits per heavy atom. The first-order valence-electron chi connectivity index (χ1n) is 6.54. The molecule has 1 aliphatic heterocycles. The van der Waals surface area contributed by atoms with Crippen LogP contribution >= 0.6 is 0 Å². The Bertz CT molecular complexity index is 535. The molecule has 1 amide bonds. The number of carboxylic acids is 1. The molecule has 1 N–H and O–H groups in total. The van der Waals surface area contributed by atoms with Crippen molar-refractivity contribution in [1.82, 2.24) is 10.1 Å². The highest BCUT2D eigenvalue weighted by Crippen LogP contribution is 2.40. The van der Waals surface area contributed by atoms with Gasteiger partial charge < -0.3 is 14.5 Å². The number of carbonyl (C=O) groups excluding carboxylic acids is 1. The van der Waals surface area contributed by atoms with Crippen molar-refractivity contribution in [2.24, 2.45) is 0 Å². The summed E-state index contributed by atoms with van der Waals surface area (Å²) in [5.41, 5.74) is -0.330. The second-order valence-electron chi connectivity index (χ2n) is 5.53. The van der Waals surface area contributed by atoms with Crippen LogP contribution in [0.1, 0.15) is 54.8 Å². The van der Waals surface area contributed by atoms with Crippen molar-refractivity contribution >= 4 is 11.9 Å². The van der Waals surface area contributed by atoms with E-state index in [4.69, 9.17) is 4.52 Å². The van der Waals surface area contributed by atoms with Crippen LogP contribution in [0.4, 0.5) is 0 Å². The van der Waals surface area contributed by atoms with E-state index >= 15 is 0 Å². The number of aromatic nitrogens is 1. The van der Waals surface area contributed by atoms with Crippen LogP contribution in [-0.2, 0) is 4.79 Å². The molecule has 2 heterocycles. The molecular weight excluding hydrogens is 248 g/mol. The Balaban J connectivity index is 1.84. The van der Waals surface area contributed by atoms with Crippen molar-refractivity contribution < 1.29 is 19.2 Å². The van der Waals surface area contributed by atoms with E-state index in [9.17, 15) is 14.7 Å². The van der Waals surface area contributed by atoms with E-state index in [0.29, 0.717) is 25.3 Å². The molecule has 2 fully saturated rings. The summed E-state index contributed by atoms with van der Waals surface area (Å²) >= 11 is 0. The van der Waals surface area contributed by atoms with Gasteiger partial charge in [0.1, 0.15) is 5.54 Å². The van der Waals surface area contributed by atoms with Gasteiger partial charge in [0.15, 0.2) is 0 Å². The lowest BCUT2D eigenvalue weighted by atomic mass is 9.99. The van der Waals surface area contributed by atoms with Crippen molar-refractivity contribution in [2.45, 2.75) is 44.1 Å². The highest BCUT2D eigenvalue weighted by atomic mass is 16.5. The van der Waals surface area contributed by atoms with Gasteiger partial charge in [-0.3, -0.25) is 4.79 Å². The fourth-order valence-electron chi connectivity index (χ4n) is 2.61. The minimum Gasteiger partial charge on any atom is -0.480 e. The van der Waals surface area contributed by atoms with Gasteiger partial charge in [-0.1, -0.05) is 5.16 Å². The molecule has 1 unspecified atom stereocenters. The average molecular weight is 264 g/mol. The Labute approximate surface area is 110 Å². The number of likely N-dealkylation sites (tertiary alicyclic amines) is 1. The second-order valence-corrected chi connectivity index (χ2v) is 5.53. The Kier molecular flexibility index (Phi) is 2.62. The maximum Gasteiger partial charge on any atom is 0.329 e. The molecule has 19 heavy (non-hydrogen) atoms. The van der Waals surface area contributed by atoms with Crippen molar-refractivity contribution in [2.75, 3.05) is 6.54 Å². The third-order valence-electron chi connectivity index (χ3n) is 4.08. The van der Waals surface area contributed by atoms with E-state index in [0.717, 1.165) is 18.5 Å². The summed E-state index contributed by atoms with van der Waals surface area (Å²) in [7, 11) is 0. The highest BCUT2D eigenvalue weighted by molar-refractivity contribution is 5.96. The lowest BCUT2D eigenvalue weighted by Gasteiger charge is -2.30. The Hall–Kier alpha value is -1.85. The molecule has 6 nitrogen and oxygen atoms in total. The molecule has 102 valence electrons. The molecule has 1 aliphatic carbocycles. The highest BCUT2D eigenvalue weighted by Gasteiger charge is 2.47. The maximum atomic E-state index is 12.4. The van der Waals surface area contributed by atoms with Crippen molar-refractivity contribution in [1.29, 1.82) is 0 Å². The quantitative estimate of drug-likeness (QED) is 0.897. The second kappa shape index (κ2) is 4.08. The van der Waals surface area contributed by atoms with Gasteiger partial charge >= 0.3 is 5.97 Å². The molecule has 1 aromatic heterocycles. The molecule has 3 rings (SSSR count). The largest absolute Gasteiger partial charge is 0.480 e. The fraction of sp³-hybridized carbons (Fsp3) is 0.615. The van der Waals surface area contributed by atoms with Crippen LogP contribution in [-0.4, -0.2) is 39.1 Å². The van der Waals surface area contributed by atoms with Crippen LogP contribution in [0, 0.1) is 0 Å². The number of amides is 1. The van der Waals surface area contributed by atoms with Crippen LogP contribution < -0.4 is 0 Å². The summed E-state index contributed by atoms with van der Waals surface area (Å²) in [5, 5.41) is 13.2. The van der Waals surface area contributed by atoms with Gasteiger partial charge in [0, 0.05) is 18.5 Å². The number of aliphatic carboxylic acids is 1. The molecule has 1 aromatic rings. The van der Waals surface area contributed by atoms with Crippen LogP contribution in [0.2, 0.25) is 0 Å². The lowest BCUT2D eigenvalue weighted by molar-refractivity contribution is -0.147. The average Bonchev–Trinajstić information content (AvgIpc) is 2.97. The van der Waals surface area contributed by atoms with Gasteiger partial charge in [0.2, 0.25) is 5.76 Å². The zero-order chi connectivity index (χ0) is 13.6. The molecule has 1 atom stereocenters. The maximum absolute atomic E-state index is 12.4. The normalized spacial score (nSPS) is 26.7. The van der Waals surface area contributed by atoms with Gasteiger partial charge in [0.25, 0.3) is 5.91 Å². The first-order valence-corrected chi connectivity index (χ1v) is 6.54. The van der Waals surface area contributed by atoms with E-state index in [1.807, 2.05) is 0 Å². The van der Waals surface area contributed by atoms with E-state index in [-0.39, 0.29) is 11.7 Å². The predicted octanol–water partition coefficient (Wildman–Crippen LogP) is 1.63. The number of hydrogen-bond acceptors (Lipinski definition) is 4. The molecule has 1 saturated carbocycles. The number of rotatable bonds is 3. The Morgan fingerprint density at radius 1 is 1.53 bits per heavy atom. The Morgan fingerprint density at radius 2 is 2.26 bits per heavy atom. The molecule has 1 saturated heterocycles. The summed E-state index contributed by atoms with van der Waals surface area (Å²) in [6.07, 6.45) is 3.32. The van der Waals surface area contributed by atoms with Crippen molar-refractivity contribution in [3.8, 4) is 0 Å². The first-order chi connectivity index (χ1) is 9.02. The van der Waals surface area contributed by atoms with Crippen LogP contribution in [0.25, 0.3) is 0 Å². The number of carboxylic acid groups (broad SMARTS) is 1. The smallest absolute Gasteiger partial charge is 0.329 e. The van der Waals surface area contributed by atoms with E-state index in [1.54, 1.807) is 13.0 Å².